The lowest BCUT2D eigenvalue weighted by Gasteiger charge is -2.17. The Labute approximate surface area is 167 Å². The Bertz CT molecular complexity index is 1090. The van der Waals surface area contributed by atoms with E-state index in [0.29, 0.717) is 40.5 Å². The van der Waals surface area contributed by atoms with Crippen molar-refractivity contribution in [3.63, 3.8) is 0 Å². The van der Waals surface area contributed by atoms with Gasteiger partial charge in [-0.15, -0.1) is 0 Å². The third-order valence-electron chi connectivity index (χ3n) is 4.10. The Hall–Kier alpha value is -2.18. The van der Waals surface area contributed by atoms with Crippen molar-refractivity contribution < 1.29 is 13.6 Å². The zero-order valence-electron chi connectivity index (χ0n) is 15.6. The second-order valence-electron chi connectivity index (χ2n) is 6.07. The summed E-state index contributed by atoms with van der Waals surface area (Å²) in [7, 11) is -3.19. The van der Waals surface area contributed by atoms with Gasteiger partial charge in [-0.1, -0.05) is 35.9 Å². The lowest BCUT2D eigenvalue weighted by Crippen LogP contribution is -2.29. The maximum atomic E-state index is 12.7. The van der Waals surface area contributed by atoms with Crippen molar-refractivity contribution in [2.75, 3.05) is 19.1 Å². The van der Waals surface area contributed by atoms with E-state index in [4.69, 9.17) is 26.5 Å². The van der Waals surface area contributed by atoms with E-state index in [-0.39, 0.29) is 11.7 Å². The zero-order valence-corrected chi connectivity index (χ0v) is 17.2. The Morgan fingerprint density at radius 3 is 2.36 bits per heavy atom. The predicted molar refractivity (Wildman–Crippen MR) is 111 cm³/mol. The predicted octanol–water partition coefficient (Wildman–Crippen LogP) is 4.20. The Kier molecular flexibility index (Phi) is 6.20. The zero-order chi connectivity index (χ0) is 20.3. The summed E-state index contributed by atoms with van der Waals surface area (Å²) in [6.45, 7) is 4.15. The van der Waals surface area contributed by atoms with E-state index < -0.39 is 7.60 Å². The van der Waals surface area contributed by atoms with E-state index in [1.165, 1.54) is 0 Å². The third-order valence-corrected chi connectivity index (χ3v) is 6.39. The van der Waals surface area contributed by atoms with Gasteiger partial charge in [-0.2, -0.15) is 0 Å². The van der Waals surface area contributed by atoms with Crippen LogP contribution in [-0.4, -0.2) is 22.9 Å². The smallest absolute Gasteiger partial charge is 0.334 e. The molecule has 7 nitrogen and oxygen atoms in total. The van der Waals surface area contributed by atoms with Crippen LogP contribution >= 0.6 is 19.2 Å². The molecule has 0 aliphatic carbocycles. The summed E-state index contributed by atoms with van der Waals surface area (Å²) in [4.78, 5) is 17.0. The second kappa shape index (κ2) is 8.45. The molecule has 2 aromatic carbocycles. The van der Waals surface area contributed by atoms with Gasteiger partial charge >= 0.3 is 7.60 Å². The van der Waals surface area contributed by atoms with Crippen LogP contribution in [-0.2, 0) is 19.8 Å². The summed E-state index contributed by atoms with van der Waals surface area (Å²) < 4.78 is 24.3. The maximum Gasteiger partial charge on any atom is 0.335 e. The largest absolute Gasteiger partial charge is 0.335 e. The molecule has 0 atom stereocenters. The molecule has 3 rings (SSSR count). The van der Waals surface area contributed by atoms with E-state index in [9.17, 15) is 9.36 Å². The van der Waals surface area contributed by atoms with Crippen molar-refractivity contribution in [2.24, 2.45) is 0 Å². The van der Waals surface area contributed by atoms with Gasteiger partial charge < -0.3 is 14.9 Å². The number of aromatic nitrogens is 2. The number of halogens is 1. The number of fused-ring (bicyclic) bond motifs is 1. The molecule has 2 N–H and O–H groups in total. The molecule has 0 spiro atoms. The summed E-state index contributed by atoms with van der Waals surface area (Å²) in [5, 5.41) is 0.875. The van der Waals surface area contributed by atoms with Gasteiger partial charge in [0, 0.05) is 10.6 Å². The molecule has 1 heterocycles. The van der Waals surface area contributed by atoms with Crippen LogP contribution in [0.4, 0.5) is 0 Å². The number of nitrogen functional groups attached to an aromatic ring is 1. The summed E-state index contributed by atoms with van der Waals surface area (Å²) in [6.07, 6.45) is 0.158. The molecular weight excluding hydrogens is 401 g/mol. The second-order valence-corrected chi connectivity index (χ2v) is 8.56. The summed E-state index contributed by atoms with van der Waals surface area (Å²) in [5.41, 5.74) is 1.53. The molecule has 0 aliphatic rings. The van der Waals surface area contributed by atoms with Gasteiger partial charge in [-0.3, -0.25) is 9.36 Å². The first kappa shape index (κ1) is 20.6. The molecule has 1 aromatic heterocycles. The molecule has 0 bridgehead atoms. The van der Waals surface area contributed by atoms with Crippen molar-refractivity contribution >= 4 is 30.1 Å². The first-order valence-corrected chi connectivity index (χ1v) is 10.9. The standard InChI is InChI=1S/C19H21ClN3O4P/c1-3-26-28(25,27-4-2)12-13-5-7-14(8-6-13)18-22-17-11-15(20)9-10-16(17)19(24)23(18)21/h5-11H,3-4,12,21H2,1-2H3. The van der Waals surface area contributed by atoms with Crippen LogP contribution in [0.25, 0.3) is 22.3 Å². The Morgan fingerprint density at radius 2 is 1.75 bits per heavy atom. The molecule has 0 saturated carbocycles. The van der Waals surface area contributed by atoms with Gasteiger partial charge in [-0.05, 0) is 37.6 Å². The number of benzene rings is 2. The average Bonchev–Trinajstić information content (AvgIpc) is 2.65. The molecule has 0 unspecified atom stereocenters. The quantitative estimate of drug-likeness (QED) is 0.453. The van der Waals surface area contributed by atoms with Crippen molar-refractivity contribution in [2.45, 2.75) is 20.0 Å². The highest BCUT2D eigenvalue weighted by Crippen LogP contribution is 2.51. The molecular formula is C19H21ClN3O4P. The van der Waals surface area contributed by atoms with Crippen molar-refractivity contribution in [1.82, 2.24) is 9.66 Å². The minimum absolute atomic E-state index is 0.158. The van der Waals surface area contributed by atoms with Crippen LogP contribution < -0.4 is 11.4 Å². The lowest BCUT2D eigenvalue weighted by molar-refractivity contribution is 0.219. The number of hydrogen-bond acceptors (Lipinski definition) is 6. The normalized spacial score (nSPS) is 11.8. The number of rotatable bonds is 7. The number of hydrogen-bond donors (Lipinski definition) is 1. The van der Waals surface area contributed by atoms with Crippen molar-refractivity contribution in [1.29, 1.82) is 0 Å². The van der Waals surface area contributed by atoms with Crippen LogP contribution in [0, 0.1) is 0 Å². The van der Waals surface area contributed by atoms with E-state index in [1.54, 1.807) is 56.3 Å². The van der Waals surface area contributed by atoms with Gasteiger partial charge in [0.1, 0.15) is 0 Å². The van der Waals surface area contributed by atoms with Crippen molar-refractivity contribution in [3.05, 3.63) is 63.4 Å². The topological polar surface area (TPSA) is 96.4 Å². The lowest BCUT2D eigenvalue weighted by atomic mass is 10.1. The fourth-order valence-electron chi connectivity index (χ4n) is 2.88. The molecule has 0 fully saturated rings. The third kappa shape index (κ3) is 4.28. The highest BCUT2D eigenvalue weighted by Gasteiger charge is 2.24. The molecule has 0 saturated heterocycles. The van der Waals surface area contributed by atoms with Crippen LogP contribution in [0.3, 0.4) is 0 Å². The van der Waals surface area contributed by atoms with Crippen molar-refractivity contribution in [3.8, 4) is 11.4 Å². The Balaban J connectivity index is 1.96. The fourth-order valence-corrected chi connectivity index (χ4v) is 4.75. The molecule has 0 radical (unpaired) electrons. The van der Waals surface area contributed by atoms with Crippen LogP contribution in [0.1, 0.15) is 19.4 Å². The van der Waals surface area contributed by atoms with E-state index in [2.05, 4.69) is 4.98 Å². The van der Waals surface area contributed by atoms with Gasteiger partial charge in [0.2, 0.25) is 0 Å². The molecule has 28 heavy (non-hydrogen) atoms. The highest BCUT2D eigenvalue weighted by atomic mass is 35.5. The first-order chi connectivity index (χ1) is 13.4. The van der Waals surface area contributed by atoms with Gasteiger partial charge in [-0.25, -0.2) is 9.66 Å². The molecule has 0 aliphatic heterocycles. The van der Waals surface area contributed by atoms with Gasteiger partial charge in [0.05, 0.1) is 30.3 Å². The SMILES string of the molecule is CCOP(=O)(Cc1ccc(-c2nc3cc(Cl)ccc3c(=O)n2N)cc1)OCC. The number of nitrogens with two attached hydrogens (primary N) is 1. The fraction of sp³-hybridized carbons (Fsp3) is 0.263. The minimum atomic E-state index is -3.19. The van der Waals surface area contributed by atoms with Gasteiger partial charge in [0.15, 0.2) is 5.82 Å². The maximum absolute atomic E-state index is 12.7. The van der Waals surface area contributed by atoms with E-state index in [1.807, 2.05) is 0 Å². The van der Waals surface area contributed by atoms with E-state index in [0.717, 1.165) is 10.2 Å². The van der Waals surface area contributed by atoms with Crippen LogP contribution in [0.5, 0.6) is 0 Å². The summed E-state index contributed by atoms with van der Waals surface area (Å²) in [5.74, 6) is 6.27. The van der Waals surface area contributed by atoms with Crippen LogP contribution in [0.15, 0.2) is 47.3 Å². The summed E-state index contributed by atoms with van der Waals surface area (Å²) >= 11 is 6.01. The monoisotopic (exact) mass is 421 g/mol. The minimum Gasteiger partial charge on any atom is -0.334 e. The molecule has 3 aromatic rings. The van der Waals surface area contributed by atoms with Gasteiger partial charge in [0.25, 0.3) is 5.56 Å². The molecule has 0 amide bonds. The summed E-state index contributed by atoms with van der Waals surface area (Å²) in [6, 6.07) is 11.9. The number of nitrogens with zero attached hydrogens (tertiary/aromatic N) is 2. The highest BCUT2D eigenvalue weighted by molar-refractivity contribution is 7.53. The van der Waals surface area contributed by atoms with Crippen LogP contribution in [0.2, 0.25) is 5.02 Å². The molecule has 148 valence electrons. The van der Waals surface area contributed by atoms with E-state index >= 15 is 0 Å². The first-order valence-electron chi connectivity index (χ1n) is 8.81. The Morgan fingerprint density at radius 1 is 1.11 bits per heavy atom. The molecule has 9 heteroatoms. The average molecular weight is 422 g/mol.